The molecule has 1 aliphatic rings. The lowest BCUT2D eigenvalue weighted by Crippen LogP contribution is -2.52. The highest BCUT2D eigenvalue weighted by Gasteiger charge is 2.38. The van der Waals surface area contributed by atoms with Gasteiger partial charge < -0.3 is 14.6 Å². The number of hydrogen-bond donors (Lipinski definition) is 1. The van der Waals surface area contributed by atoms with E-state index < -0.39 is 11.6 Å². The number of pyridine rings is 1. The Morgan fingerprint density at radius 3 is 2.50 bits per heavy atom. The number of tetrazole rings is 1. The molecule has 3 aromatic rings. The van der Waals surface area contributed by atoms with E-state index in [2.05, 4.69) is 25.7 Å². The van der Waals surface area contributed by atoms with Crippen LogP contribution in [0.4, 0.5) is 0 Å². The average molecular weight is 466 g/mol. The van der Waals surface area contributed by atoms with Gasteiger partial charge in [-0.25, -0.2) is 0 Å². The van der Waals surface area contributed by atoms with Gasteiger partial charge in [0, 0.05) is 24.0 Å². The van der Waals surface area contributed by atoms with Crippen LogP contribution in [0.25, 0.3) is 11.6 Å². The molecule has 1 fully saturated rings. The molecule has 10 nitrogen and oxygen atoms in total. The van der Waals surface area contributed by atoms with E-state index in [-0.39, 0.29) is 24.4 Å². The summed E-state index contributed by atoms with van der Waals surface area (Å²) in [5.74, 6) is 1.07. The quantitative estimate of drug-likeness (QED) is 0.569. The fourth-order valence-electron chi connectivity index (χ4n) is 4.33. The summed E-state index contributed by atoms with van der Waals surface area (Å²) in [5.41, 5.74) is 0.270. The Morgan fingerprint density at radius 1 is 1.18 bits per heavy atom. The molecule has 0 bridgehead atoms. The van der Waals surface area contributed by atoms with Gasteiger partial charge in [-0.2, -0.15) is 4.80 Å². The van der Waals surface area contributed by atoms with Gasteiger partial charge in [0.15, 0.2) is 5.76 Å². The van der Waals surface area contributed by atoms with E-state index in [4.69, 9.17) is 4.42 Å². The molecule has 10 heteroatoms. The van der Waals surface area contributed by atoms with Crippen LogP contribution in [0.2, 0.25) is 0 Å². The van der Waals surface area contributed by atoms with Crippen molar-refractivity contribution in [1.29, 1.82) is 0 Å². The molecule has 2 amide bonds. The molecule has 1 saturated carbocycles. The third kappa shape index (κ3) is 5.49. The fourth-order valence-corrected chi connectivity index (χ4v) is 4.33. The van der Waals surface area contributed by atoms with E-state index in [0.29, 0.717) is 11.6 Å². The monoisotopic (exact) mass is 465 g/mol. The molecule has 0 radical (unpaired) electrons. The third-order valence-corrected chi connectivity index (χ3v) is 5.74. The fraction of sp³-hybridized carbons (Fsp3) is 0.500. The Morgan fingerprint density at radius 2 is 1.88 bits per heavy atom. The van der Waals surface area contributed by atoms with E-state index in [0.717, 1.165) is 37.0 Å². The van der Waals surface area contributed by atoms with Crippen LogP contribution in [-0.2, 0) is 16.1 Å². The van der Waals surface area contributed by atoms with E-state index in [1.54, 1.807) is 35.5 Å². The van der Waals surface area contributed by atoms with Crippen LogP contribution in [0.5, 0.6) is 0 Å². The molecular weight excluding hydrogens is 434 g/mol. The van der Waals surface area contributed by atoms with Crippen molar-refractivity contribution >= 4 is 11.8 Å². The van der Waals surface area contributed by atoms with Gasteiger partial charge in [-0.3, -0.25) is 14.6 Å². The molecule has 0 spiro atoms. The SMILES string of the molecule is Cc1ccc(-c2nnn(CC(=O)N(C3CCCC3)[C@@H](C(=O)NC(C)(C)C)c3ccncc3)n2)o1. The molecule has 0 saturated heterocycles. The number of aromatic nitrogens is 5. The first kappa shape index (κ1) is 23.6. The topological polar surface area (TPSA) is 119 Å². The van der Waals surface area contributed by atoms with Crippen molar-refractivity contribution in [2.75, 3.05) is 0 Å². The maximum absolute atomic E-state index is 13.7. The number of carbonyl (C=O) groups is 2. The van der Waals surface area contributed by atoms with Gasteiger partial charge in [0.05, 0.1) is 0 Å². The normalized spacial score (nSPS) is 15.3. The summed E-state index contributed by atoms with van der Waals surface area (Å²) in [6, 6.07) is 6.32. The zero-order valence-electron chi connectivity index (χ0n) is 20.1. The van der Waals surface area contributed by atoms with E-state index in [9.17, 15) is 9.59 Å². The third-order valence-electron chi connectivity index (χ3n) is 5.74. The highest BCUT2D eigenvalue weighted by atomic mass is 16.3. The summed E-state index contributed by atoms with van der Waals surface area (Å²) >= 11 is 0. The molecular formula is C24H31N7O3. The number of amides is 2. The second-order valence-corrected chi connectivity index (χ2v) is 9.72. The minimum atomic E-state index is -0.784. The van der Waals surface area contributed by atoms with Crippen LogP contribution in [0.15, 0.2) is 41.1 Å². The molecule has 4 rings (SSSR count). The Labute approximate surface area is 198 Å². The Kier molecular flexibility index (Phi) is 6.76. The summed E-state index contributed by atoms with van der Waals surface area (Å²) in [6.07, 6.45) is 7.00. The first-order chi connectivity index (χ1) is 16.2. The molecule has 1 aliphatic carbocycles. The number of rotatable bonds is 7. The molecule has 3 heterocycles. The lowest BCUT2D eigenvalue weighted by atomic mass is 10.00. The first-order valence-electron chi connectivity index (χ1n) is 11.6. The summed E-state index contributed by atoms with van der Waals surface area (Å²) < 4.78 is 5.56. The summed E-state index contributed by atoms with van der Waals surface area (Å²) in [7, 11) is 0. The minimum absolute atomic E-state index is 0.0490. The molecule has 0 aliphatic heterocycles. The Hall–Kier alpha value is -3.56. The number of carbonyl (C=O) groups excluding carboxylic acids is 2. The molecule has 1 N–H and O–H groups in total. The van der Waals surface area contributed by atoms with Gasteiger partial charge in [-0.1, -0.05) is 12.8 Å². The molecule has 0 aromatic carbocycles. The largest absolute Gasteiger partial charge is 0.458 e. The van der Waals surface area contributed by atoms with Crippen molar-refractivity contribution in [2.24, 2.45) is 0 Å². The average Bonchev–Trinajstić information content (AvgIpc) is 3.53. The summed E-state index contributed by atoms with van der Waals surface area (Å²) in [4.78, 5) is 34.3. The van der Waals surface area contributed by atoms with E-state index in [1.165, 1.54) is 4.80 Å². The minimum Gasteiger partial charge on any atom is -0.458 e. The molecule has 1 atom stereocenters. The second-order valence-electron chi connectivity index (χ2n) is 9.72. The van der Waals surface area contributed by atoms with Gasteiger partial charge in [0.25, 0.3) is 0 Å². The summed E-state index contributed by atoms with van der Waals surface area (Å²) in [5, 5.41) is 15.4. The van der Waals surface area contributed by atoms with Crippen LogP contribution in [-0.4, -0.2) is 53.5 Å². The van der Waals surface area contributed by atoms with Gasteiger partial charge in [-0.05, 0) is 75.6 Å². The molecule has 180 valence electrons. The summed E-state index contributed by atoms with van der Waals surface area (Å²) in [6.45, 7) is 7.47. The maximum Gasteiger partial charge on any atom is 0.247 e. The predicted octanol–water partition coefficient (Wildman–Crippen LogP) is 3.06. The Bertz CT molecular complexity index is 1130. The molecule has 0 unspecified atom stereocenters. The predicted molar refractivity (Wildman–Crippen MR) is 124 cm³/mol. The zero-order chi connectivity index (χ0) is 24.3. The highest BCUT2D eigenvalue weighted by molar-refractivity contribution is 5.89. The van der Waals surface area contributed by atoms with Crippen LogP contribution in [0, 0.1) is 6.92 Å². The van der Waals surface area contributed by atoms with Crippen molar-refractivity contribution in [3.63, 3.8) is 0 Å². The van der Waals surface area contributed by atoms with Crippen molar-refractivity contribution in [3.8, 4) is 11.6 Å². The number of aryl methyl sites for hydroxylation is 1. The van der Waals surface area contributed by atoms with Crippen molar-refractivity contribution in [2.45, 2.75) is 77.5 Å². The number of furan rings is 1. The van der Waals surface area contributed by atoms with Crippen molar-refractivity contribution in [3.05, 3.63) is 48.0 Å². The lowest BCUT2D eigenvalue weighted by Gasteiger charge is -2.37. The van der Waals surface area contributed by atoms with Gasteiger partial charge in [0.1, 0.15) is 18.3 Å². The standard InChI is InChI=1S/C24H31N7O3/c1-16-9-10-19(34-16)22-27-29-30(28-22)15-20(32)31(18-7-5-6-8-18)21(17-11-13-25-14-12-17)23(33)26-24(2,3)4/h9-14,18,21H,5-8,15H2,1-4H3,(H,26,33)/t21-/m1/s1. The molecule has 3 aromatic heterocycles. The van der Waals surface area contributed by atoms with Gasteiger partial charge in [0.2, 0.25) is 17.6 Å². The van der Waals surface area contributed by atoms with Crippen molar-refractivity contribution < 1.29 is 14.0 Å². The van der Waals surface area contributed by atoms with Crippen LogP contribution in [0.3, 0.4) is 0 Å². The zero-order valence-corrected chi connectivity index (χ0v) is 20.1. The van der Waals surface area contributed by atoms with E-state index >= 15 is 0 Å². The van der Waals surface area contributed by atoms with Gasteiger partial charge in [-0.15, -0.1) is 10.2 Å². The molecule has 34 heavy (non-hydrogen) atoms. The number of nitrogens with one attached hydrogen (secondary N) is 1. The van der Waals surface area contributed by atoms with Crippen LogP contribution < -0.4 is 5.32 Å². The van der Waals surface area contributed by atoms with Crippen LogP contribution >= 0.6 is 0 Å². The van der Waals surface area contributed by atoms with Gasteiger partial charge >= 0.3 is 0 Å². The second kappa shape index (κ2) is 9.74. The smallest absolute Gasteiger partial charge is 0.247 e. The number of nitrogens with zero attached hydrogens (tertiary/aromatic N) is 6. The Balaban J connectivity index is 1.64. The first-order valence-corrected chi connectivity index (χ1v) is 11.6. The van der Waals surface area contributed by atoms with E-state index in [1.807, 2.05) is 33.8 Å². The highest BCUT2D eigenvalue weighted by Crippen LogP contribution is 2.32. The maximum atomic E-state index is 13.7. The van der Waals surface area contributed by atoms with Crippen LogP contribution in [0.1, 0.15) is 63.8 Å². The number of hydrogen-bond acceptors (Lipinski definition) is 7. The van der Waals surface area contributed by atoms with Crippen molar-refractivity contribution in [1.82, 2.24) is 35.4 Å². The lowest BCUT2D eigenvalue weighted by molar-refractivity contribution is -0.145.